The van der Waals surface area contributed by atoms with Gasteiger partial charge in [0, 0.05) is 18.4 Å². The van der Waals surface area contributed by atoms with Crippen molar-refractivity contribution in [2.24, 2.45) is 5.92 Å². The Bertz CT molecular complexity index is 384. The molecule has 0 bridgehead atoms. The van der Waals surface area contributed by atoms with E-state index in [1.165, 1.54) is 31.5 Å². The van der Waals surface area contributed by atoms with Crippen molar-refractivity contribution in [3.63, 3.8) is 0 Å². The average Bonchev–Trinajstić information content (AvgIpc) is 2.34. The maximum atomic E-state index is 6.03. The minimum absolute atomic E-state index is 0.632. The first-order chi connectivity index (χ1) is 8.19. The van der Waals surface area contributed by atoms with E-state index < -0.39 is 0 Å². The summed E-state index contributed by atoms with van der Waals surface area (Å²) in [5.41, 5.74) is 1.25. The summed E-state index contributed by atoms with van der Waals surface area (Å²) in [6.45, 7) is 3.33. The first-order valence-electron chi connectivity index (χ1n) is 5.91. The van der Waals surface area contributed by atoms with Crippen molar-refractivity contribution in [1.29, 1.82) is 0 Å². The number of rotatable bonds is 3. The van der Waals surface area contributed by atoms with E-state index in [2.05, 4.69) is 26.9 Å². The summed E-state index contributed by atoms with van der Waals surface area (Å²) in [4.78, 5) is 2.50. The Morgan fingerprint density at radius 1 is 1.29 bits per heavy atom. The van der Waals surface area contributed by atoms with Gasteiger partial charge in [0.05, 0.1) is 10.0 Å². The van der Waals surface area contributed by atoms with Crippen LogP contribution >= 0.6 is 39.1 Å². The van der Waals surface area contributed by atoms with Crippen molar-refractivity contribution in [3.05, 3.63) is 33.8 Å². The molecule has 1 aliphatic heterocycles. The lowest BCUT2D eigenvalue weighted by atomic mass is 10.00. The van der Waals surface area contributed by atoms with Gasteiger partial charge in [-0.1, -0.05) is 45.2 Å². The van der Waals surface area contributed by atoms with Crippen molar-refractivity contribution in [3.8, 4) is 0 Å². The third-order valence-corrected chi connectivity index (χ3v) is 4.87. The Hall–Kier alpha value is 0.240. The maximum Gasteiger partial charge on any atom is 0.0595 e. The van der Waals surface area contributed by atoms with Gasteiger partial charge in [0.15, 0.2) is 0 Å². The first-order valence-corrected chi connectivity index (χ1v) is 7.79. The summed E-state index contributed by atoms with van der Waals surface area (Å²) in [6, 6.07) is 5.92. The summed E-state index contributed by atoms with van der Waals surface area (Å²) in [5.74, 6) is 0.784. The molecule has 0 aliphatic carbocycles. The van der Waals surface area contributed by atoms with E-state index >= 15 is 0 Å². The molecule has 0 spiro atoms. The normalized spacial score (nSPS) is 21.7. The molecule has 0 aromatic heterocycles. The highest BCUT2D eigenvalue weighted by atomic mass is 79.9. The minimum Gasteiger partial charge on any atom is -0.299 e. The number of benzene rings is 1. The van der Waals surface area contributed by atoms with Crippen LogP contribution in [0.3, 0.4) is 0 Å². The lowest BCUT2D eigenvalue weighted by Gasteiger charge is -2.31. The van der Waals surface area contributed by atoms with E-state index in [0.717, 1.165) is 17.8 Å². The van der Waals surface area contributed by atoms with Crippen LogP contribution in [0.25, 0.3) is 0 Å². The van der Waals surface area contributed by atoms with Gasteiger partial charge in [-0.3, -0.25) is 4.90 Å². The van der Waals surface area contributed by atoms with Crippen LogP contribution in [0.2, 0.25) is 10.0 Å². The molecule has 1 unspecified atom stereocenters. The molecule has 17 heavy (non-hydrogen) atoms. The molecule has 0 radical (unpaired) electrons. The third-order valence-electron chi connectivity index (χ3n) is 3.21. The highest BCUT2D eigenvalue weighted by Crippen LogP contribution is 2.25. The van der Waals surface area contributed by atoms with Crippen LogP contribution in [0.4, 0.5) is 0 Å². The monoisotopic (exact) mass is 335 g/mol. The Kier molecular flexibility index (Phi) is 5.16. The molecule has 0 N–H and O–H groups in total. The minimum atomic E-state index is 0.632. The van der Waals surface area contributed by atoms with Crippen molar-refractivity contribution >= 4 is 39.1 Å². The highest BCUT2D eigenvalue weighted by molar-refractivity contribution is 9.09. The molecule has 1 atom stereocenters. The van der Waals surface area contributed by atoms with Gasteiger partial charge in [-0.05, 0) is 43.0 Å². The van der Waals surface area contributed by atoms with Gasteiger partial charge in [-0.2, -0.15) is 0 Å². The molecule has 2 rings (SSSR count). The Labute approximate surface area is 121 Å². The molecular formula is C13H16BrCl2N. The fourth-order valence-corrected chi connectivity index (χ4v) is 3.17. The second-order valence-corrected chi connectivity index (χ2v) is 6.11. The fraction of sp³-hybridized carbons (Fsp3) is 0.538. The SMILES string of the molecule is Clc1ccc(CN2CCCC(CBr)C2)cc1Cl. The van der Waals surface area contributed by atoms with Gasteiger partial charge in [0.25, 0.3) is 0 Å². The van der Waals surface area contributed by atoms with Crippen LogP contribution in [0.15, 0.2) is 18.2 Å². The fourth-order valence-electron chi connectivity index (χ4n) is 2.32. The predicted molar refractivity (Wildman–Crippen MR) is 78.3 cm³/mol. The Balaban J connectivity index is 1.97. The van der Waals surface area contributed by atoms with Crippen LogP contribution < -0.4 is 0 Å². The van der Waals surface area contributed by atoms with Crippen molar-refractivity contribution in [2.75, 3.05) is 18.4 Å². The van der Waals surface area contributed by atoms with E-state index in [4.69, 9.17) is 23.2 Å². The molecule has 1 aliphatic rings. The number of piperidine rings is 1. The molecule has 1 heterocycles. The number of hydrogen-bond acceptors (Lipinski definition) is 1. The summed E-state index contributed by atoms with van der Waals surface area (Å²) >= 11 is 15.5. The van der Waals surface area contributed by atoms with Gasteiger partial charge in [0.2, 0.25) is 0 Å². The summed E-state index contributed by atoms with van der Waals surface area (Å²) < 4.78 is 0. The lowest BCUT2D eigenvalue weighted by molar-refractivity contribution is 0.179. The largest absolute Gasteiger partial charge is 0.299 e. The Morgan fingerprint density at radius 2 is 2.12 bits per heavy atom. The van der Waals surface area contributed by atoms with E-state index in [-0.39, 0.29) is 0 Å². The highest BCUT2D eigenvalue weighted by Gasteiger charge is 2.18. The van der Waals surface area contributed by atoms with Gasteiger partial charge in [0.1, 0.15) is 0 Å². The average molecular weight is 337 g/mol. The molecular weight excluding hydrogens is 321 g/mol. The summed E-state index contributed by atoms with van der Waals surface area (Å²) in [5, 5.41) is 2.39. The second kappa shape index (κ2) is 6.42. The molecule has 1 saturated heterocycles. The molecule has 1 aromatic rings. The van der Waals surface area contributed by atoms with E-state index in [0.29, 0.717) is 10.0 Å². The Morgan fingerprint density at radius 3 is 2.82 bits per heavy atom. The van der Waals surface area contributed by atoms with E-state index in [9.17, 15) is 0 Å². The number of nitrogens with zero attached hydrogens (tertiary/aromatic N) is 1. The molecule has 1 aromatic carbocycles. The lowest BCUT2D eigenvalue weighted by Crippen LogP contribution is -2.35. The van der Waals surface area contributed by atoms with Crippen LogP contribution in [-0.2, 0) is 6.54 Å². The van der Waals surface area contributed by atoms with E-state index in [1.807, 2.05) is 12.1 Å². The zero-order valence-corrected chi connectivity index (χ0v) is 12.7. The van der Waals surface area contributed by atoms with Crippen molar-refractivity contribution < 1.29 is 0 Å². The maximum absolute atomic E-state index is 6.03. The quantitative estimate of drug-likeness (QED) is 0.729. The van der Waals surface area contributed by atoms with Crippen LogP contribution in [0.1, 0.15) is 18.4 Å². The van der Waals surface area contributed by atoms with Crippen LogP contribution in [0, 0.1) is 5.92 Å². The summed E-state index contributed by atoms with van der Waals surface area (Å²) in [7, 11) is 0. The molecule has 0 saturated carbocycles. The smallest absolute Gasteiger partial charge is 0.0595 e. The number of halogens is 3. The molecule has 4 heteroatoms. The number of hydrogen-bond donors (Lipinski definition) is 0. The topological polar surface area (TPSA) is 3.24 Å². The van der Waals surface area contributed by atoms with E-state index in [1.54, 1.807) is 0 Å². The van der Waals surface area contributed by atoms with Crippen molar-refractivity contribution in [2.45, 2.75) is 19.4 Å². The van der Waals surface area contributed by atoms with Gasteiger partial charge in [-0.15, -0.1) is 0 Å². The van der Waals surface area contributed by atoms with Gasteiger partial charge < -0.3 is 0 Å². The standard InChI is InChI=1S/C13H16BrCl2N/c14-7-11-2-1-5-17(9-11)8-10-3-4-12(15)13(16)6-10/h3-4,6,11H,1-2,5,7-9H2. The zero-order valence-electron chi connectivity index (χ0n) is 9.63. The number of likely N-dealkylation sites (tertiary alicyclic amines) is 1. The molecule has 1 fully saturated rings. The van der Waals surface area contributed by atoms with Gasteiger partial charge in [-0.25, -0.2) is 0 Å². The van der Waals surface area contributed by atoms with Crippen LogP contribution in [-0.4, -0.2) is 23.3 Å². The third kappa shape index (κ3) is 3.85. The predicted octanol–water partition coefficient (Wildman–Crippen LogP) is 4.60. The molecule has 1 nitrogen and oxygen atoms in total. The first kappa shape index (κ1) is 13.7. The number of alkyl halides is 1. The van der Waals surface area contributed by atoms with Crippen LogP contribution in [0.5, 0.6) is 0 Å². The summed E-state index contributed by atoms with van der Waals surface area (Å²) in [6.07, 6.45) is 2.63. The van der Waals surface area contributed by atoms with Gasteiger partial charge >= 0.3 is 0 Å². The molecule has 94 valence electrons. The van der Waals surface area contributed by atoms with Crippen molar-refractivity contribution in [1.82, 2.24) is 4.90 Å². The zero-order chi connectivity index (χ0) is 12.3. The molecule has 0 amide bonds. The second-order valence-electron chi connectivity index (χ2n) is 4.65.